The van der Waals surface area contributed by atoms with Crippen molar-refractivity contribution < 1.29 is 18.3 Å². The molecule has 0 spiro atoms. The number of hydrogen-bond donors (Lipinski definition) is 0. The molecule has 0 heterocycles. The zero-order valence-electron chi connectivity index (χ0n) is 11.0. The number of para-hydroxylation sites is 1. The molecule has 2 aromatic rings. The van der Waals surface area contributed by atoms with Crippen LogP contribution in [0.25, 0.3) is 0 Å². The van der Waals surface area contributed by atoms with Gasteiger partial charge in [-0.2, -0.15) is 0 Å². The summed E-state index contributed by atoms with van der Waals surface area (Å²) in [6.07, 6.45) is 0. The molecule has 0 aliphatic carbocycles. The minimum Gasteiger partial charge on any atom is -0.463 e. The average Bonchev–Trinajstić information content (AvgIpc) is 2.39. The van der Waals surface area contributed by atoms with E-state index in [9.17, 15) is 4.57 Å². The van der Waals surface area contributed by atoms with Crippen LogP contribution in [-0.4, -0.2) is 0 Å². The van der Waals surface area contributed by atoms with Crippen LogP contribution in [0, 0.1) is 0 Å². The van der Waals surface area contributed by atoms with E-state index in [0.29, 0.717) is 23.0 Å². The number of hydrogen-bond acceptors (Lipinski definition) is 4. The molecular formula is C15H15O4P. The predicted molar refractivity (Wildman–Crippen MR) is 78.6 cm³/mol. The summed E-state index contributed by atoms with van der Waals surface area (Å²) in [4.78, 5) is 0. The van der Waals surface area contributed by atoms with E-state index in [1.165, 1.54) is 0 Å². The van der Waals surface area contributed by atoms with Gasteiger partial charge in [-0.15, -0.1) is 0 Å². The molecule has 2 rings (SSSR count). The van der Waals surface area contributed by atoms with Crippen molar-refractivity contribution in [3.05, 3.63) is 66.9 Å². The third-order valence-electron chi connectivity index (χ3n) is 2.24. The molecule has 0 saturated heterocycles. The molecule has 4 nitrogen and oxygen atoms in total. The normalized spacial score (nSPS) is 11.4. The first-order chi connectivity index (χ1) is 9.63. The van der Waals surface area contributed by atoms with Gasteiger partial charge in [-0.1, -0.05) is 30.8 Å². The van der Waals surface area contributed by atoms with Gasteiger partial charge in [0.25, 0.3) is 0 Å². The van der Waals surface area contributed by atoms with Gasteiger partial charge in [-0.3, -0.25) is 0 Å². The predicted octanol–water partition coefficient (Wildman–Crippen LogP) is 4.45. The van der Waals surface area contributed by atoms with Gasteiger partial charge in [0.2, 0.25) is 0 Å². The maximum atomic E-state index is 11.8. The van der Waals surface area contributed by atoms with Gasteiger partial charge in [-0.25, -0.2) is 4.57 Å². The molecule has 0 amide bonds. The molecule has 0 N–H and O–H groups in total. The van der Waals surface area contributed by atoms with Crippen molar-refractivity contribution in [3.63, 3.8) is 0 Å². The quantitative estimate of drug-likeness (QED) is 0.582. The molecule has 0 radical (unpaired) electrons. The van der Waals surface area contributed by atoms with E-state index < -0.39 is 8.25 Å². The zero-order valence-corrected chi connectivity index (χ0v) is 12.0. The van der Waals surface area contributed by atoms with Crippen molar-refractivity contribution >= 4 is 8.25 Å². The van der Waals surface area contributed by atoms with E-state index in [-0.39, 0.29) is 0 Å². The highest BCUT2D eigenvalue weighted by atomic mass is 31.1. The summed E-state index contributed by atoms with van der Waals surface area (Å²) in [6, 6.07) is 15.7. The second-order valence-electron chi connectivity index (χ2n) is 4.05. The van der Waals surface area contributed by atoms with Crippen LogP contribution in [0.4, 0.5) is 0 Å². The van der Waals surface area contributed by atoms with Gasteiger partial charge in [0.05, 0.1) is 5.76 Å². The first-order valence-corrected chi connectivity index (χ1v) is 7.24. The van der Waals surface area contributed by atoms with Crippen LogP contribution in [0.5, 0.6) is 17.2 Å². The first-order valence-electron chi connectivity index (χ1n) is 6.01. The van der Waals surface area contributed by atoms with Crippen LogP contribution >= 0.6 is 8.25 Å². The molecular weight excluding hydrogens is 275 g/mol. The lowest BCUT2D eigenvalue weighted by Gasteiger charge is -2.09. The van der Waals surface area contributed by atoms with Crippen molar-refractivity contribution in [2.75, 3.05) is 0 Å². The standard InChI is InChI=1S/C15H15O4P/c1-12(2)17-14-9-6-10-15(11-14)19-20(16)18-13-7-4-3-5-8-13/h3-11,20H,1H2,2H3. The van der Waals surface area contributed by atoms with Crippen LogP contribution in [0.15, 0.2) is 66.9 Å². The zero-order chi connectivity index (χ0) is 14.4. The summed E-state index contributed by atoms with van der Waals surface area (Å²) < 4.78 is 27.6. The first kappa shape index (κ1) is 14.2. The molecule has 0 saturated carbocycles. The van der Waals surface area contributed by atoms with E-state index in [4.69, 9.17) is 13.8 Å². The highest BCUT2D eigenvalue weighted by molar-refractivity contribution is 7.34. The fourth-order valence-electron chi connectivity index (χ4n) is 1.50. The summed E-state index contributed by atoms with van der Waals surface area (Å²) in [5.74, 6) is 2.06. The second-order valence-corrected chi connectivity index (χ2v) is 4.95. The molecule has 0 fully saturated rings. The van der Waals surface area contributed by atoms with Gasteiger partial charge in [0.15, 0.2) is 0 Å². The largest absolute Gasteiger partial charge is 0.463 e. The lowest BCUT2D eigenvalue weighted by Crippen LogP contribution is -1.91. The number of rotatable bonds is 6. The maximum absolute atomic E-state index is 11.8. The summed E-state index contributed by atoms with van der Waals surface area (Å²) in [5, 5.41) is 0. The molecule has 1 atom stereocenters. The highest BCUT2D eigenvalue weighted by Crippen LogP contribution is 2.32. The van der Waals surface area contributed by atoms with Crippen molar-refractivity contribution in [1.29, 1.82) is 0 Å². The third-order valence-corrected chi connectivity index (χ3v) is 3.05. The Bertz CT molecular complexity index is 610. The topological polar surface area (TPSA) is 44.8 Å². The molecule has 0 aromatic heterocycles. The van der Waals surface area contributed by atoms with E-state index in [0.717, 1.165) is 0 Å². The summed E-state index contributed by atoms with van der Waals surface area (Å²) in [7, 11) is -2.67. The van der Waals surface area contributed by atoms with Crippen LogP contribution in [0.3, 0.4) is 0 Å². The molecule has 5 heteroatoms. The molecule has 0 aliphatic rings. The fraction of sp³-hybridized carbons (Fsp3) is 0.0667. The SMILES string of the molecule is C=C(C)Oc1cccc(O[PH](=O)Oc2ccccc2)c1. The van der Waals surface area contributed by atoms with Gasteiger partial charge in [0, 0.05) is 6.07 Å². The Morgan fingerprint density at radius 1 is 0.950 bits per heavy atom. The highest BCUT2D eigenvalue weighted by Gasteiger charge is 2.05. The maximum Gasteiger partial charge on any atom is 0.418 e. The number of benzene rings is 2. The van der Waals surface area contributed by atoms with Gasteiger partial charge >= 0.3 is 8.25 Å². The summed E-state index contributed by atoms with van der Waals surface area (Å²) in [5.41, 5.74) is 0. The van der Waals surface area contributed by atoms with Crippen molar-refractivity contribution in [1.82, 2.24) is 0 Å². The Morgan fingerprint density at radius 3 is 2.25 bits per heavy atom. The van der Waals surface area contributed by atoms with E-state index in [2.05, 4.69) is 6.58 Å². The van der Waals surface area contributed by atoms with Crippen molar-refractivity contribution in [2.24, 2.45) is 0 Å². The van der Waals surface area contributed by atoms with Crippen LogP contribution in [-0.2, 0) is 4.57 Å². The van der Waals surface area contributed by atoms with Crippen LogP contribution < -0.4 is 13.8 Å². The Hall–Kier alpha value is -2.19. The minimum absolute atomic E-state index is 0.420. The Labute approximate surface area is 118 Å². The molecule has 20 heavy (non-hydrogen) atoms. The van der Waals surface area contributed by atoms with Gasteiger partial charge in [-0.05, 0) is 31.2 Å². The van der Waals surface area contributed by atoms with Gasteiger partial charge in [0.1, 0.15) is 17.2 Å². The second kappa shape index (κ2) is 6.83. The lowest BCUT2D eigenvalue weighted by molar-refractivity contribution is 0.409. The Morgan fingerprint density at radius 2 is 1.55 bits per heavy atom. The molecule has 0 bridgehead atoms. The van der Waals surface area contributed by atoms with Crippen molar-refractivity contribution in [3.8, 4) is 17.2 Å². The summed E-state index contributed by atoms with van der Waals surface area (Å²) in [6.45, 7) is 5.40. The smallest absolute Gasteiger partial charge is 0.418 e. The fourth-order valence-corrected chi connectivity index (χ4v) is 2.19. The molecule has 104 valence electrons. The van der Waals surface area contributed by atoms with Crippen molar-refractivity contribution in [2.45, 2.75) is 6.92 Å². The van der Waals surface area contributed by atoms with Gasteiger partial charge < -0.3 is 13.8 Å². The van der Waals surface area contributed by atoms with E-state index >= 15 is 0 Å². The lowest BCUT2D eigenvalue weighted by atomic mass is 10.3. The Kier molecular flexibility index (Phi) is 4.85. The molecule has 0 aliphatic heterocycles. The molecule has 2 aromatic carbocycles. The monoisotopic (exact) mass is 290 g/mol. The van der Waals surface area contributed by atoms with Crippen LogP contribution in [0.2, 0.25) is 0 Å². The number of ether oxygens (including phenoxy) is 1. The third kappa shape index (κ3) is 4.48. The van der Waals surface area contributed by atoms with Crippen LogP contribution in [0.1, 0.15) is 6.92 Å². The molecule has 1 unspecified atom stereocenters. The minimum atomic E-state index is -2.67. The Balaban J connectivity index is 1.99. The summed E-state index contributed by atoms with van der Waals surface area (Å²) >= 11 is 0. The number of allylic oxidation sites excluding steroid dienone is 1. The van der Waals surface area contributed by atoms with E-state index in [1.54, 1.807) is 55.5 Å². The average molecular weight is 290 g/mol. The van der Waals surface area contributed by atoms with E-state index in [1.807, 2.05) is 6.07 Å².